The summed E-state index contributed by atoms with van der Waals surface area (Å²) in [6.45, 7) is 5.12. The number of benzene rings is 1. The number of hydrogen-bond donors (Lipinski definition) is 3. The molecule has 1 fully saturated rings. The summed E-state index contributed by atoms with van der Waals surface area (Å²) in [5, 5.41) is 23.6. The zero-order chi connectivity index (χ0) is 17.0. The Morgan fingerprint density at radius 1 is 1.35 bits per heavy atom. The summed E-state index contributed by atoms with van der Waals surface area (Å²) in [6.07, 6.45) is -1.71. The van der Waals surface area contributed by atoms with Crippen LogP contribution in [-0.4, -0.2) is 45.0 Å². The van der Waals surface area contributed by atoms with Crippen LogP contribution in [0.3, 0.4) is 0 Å². The van der Waals surface area contributed by atoms with Crippen molar-refractivity contribution >= 4 is 17.7 Å². The molecule has 0 spiro atoms. The Morgan fingerprint density at radius 2 is 2.00 bits per heavy atom. The number of fused-ring (bicyclic) bond motifs is 3. The summed E-state index contributed by atoms with van der Waals surface area (Å²) in [4.78, 5) is 25.2. The first-order valence-electron chi connectivity index (χ1n) is 7.46. The van der Waals surface area contributed by atoms with E-state index in [-0.39, 0.29) is 6.42 Å². The number of aliphatic hydroxyl groups is 1. The van der Waals surface area contributed by atoms with Gasteiger partial charge in [-0.25, -0.2) is 9.59 Å². The van der Waals surface area contributed by atoms with E-state index in [0.29, 0.717) is 11.3 Å². The summed E-state index contributed by atoms with van der Waals surface area (Å²) >= 11 is 0. The molecule has 0 saturated carbocycles. The third-order valence-corrected chi connectivity index (χ3v) is 4.15. The number of ether oxygens (including phenoxy) is 1. The van der Waals surface area contributed by atoms with Gasteiger partial charge in [-0.15, -0.1) is 0 Å². The molecule has 1 aromatic rings. The van der Waals surface area contributed by atoms with Crippen LogP contribution >= 0.6 is 0 Å². The minimum Gasteiger partial charge on any atom is -0.480 e. The van der Waals surface area contributed by atoms with Gasteiger partial charge in [-0.1, -0.05) is 18.2 Å². The molecule has 3 N–H and O–H groups in total. The number of para-hydroxylation sites is 1. The Hall–Kier alpha value is -2.28. The maximum Gasteiger partial charge on any atom is 0.412 e. The molecule has 3 rings (SSSR count). The van der Waals surface area contributed by atoms with E-state index in [1.165, 1.54) is 0 Å². The van der Waals surface area contributed by atoms with E-state index in [9.17, 15) is 19.8 Å². The molecule has 2 aliphatic rings. The number of carboxylic acids is 1. The van der Waals surface area contributed by atoms with Crippen molar-refractivity contribution in [1.82, 2.24) is 4.90 Å². The first-order chi connectivity index (χ1) is 10.6. The normalized spacial score (nSPS) is 28.8. The first-order valence-corrected chi connectivity index (χ1v) is 7.46. The predicted octanol–water partition coefficient (Wildman–Crippen LogP) is 1.72. The molecule has 7 heteroatoms. The van der Waals surface area contributed by atoms with Crippen LogP contribution < -0.4 is 5.32 Å². The van der Waals surface area contributed by atoms with Crippen LogP contribution in [0.4, 0.5) is 10.5 Å². The molecule has 2 heterocycles. The van der Waals surface area contributed by atoms with E-state index in [1.807, 2.05) is 6.07 Å². The molecule has 7 nitrogen and oxygen atoms in total. The lowest BCUT2D eigenvalue weighted by molar-refractivity contribution is -0.142. The van der Waals surface area contributed by atoms with Crippen molar-refractivity contribution in [1.29, 1.82) is 0 Å². The van der Waals surface area contributed by atoms with Crippen molar-refractivity contribution in [2.24, 2.45) is 0 Å². The van der Waals surface area contributed by atoms with Crippen LogP contribution in [0, 0.1) is 0 Å². The lowest BCUT2D eigenvalue weighted by Gasteiger charge is -2.31. The van der Waals surface area contributed by atoms with Crippen LogP contribution in [0.5, 0.6) is 0 Å². The Bertz CT molecular complexity index is 669. The van der Waals surface area contributed by atoms with Crippen LogP contribution in [0.15, 0.2) is 24.3 Å². The predicted molar refractivity (Wildman–Crippen MR) is 81.9 cm³/mol. The van der Waals surface area contributed by atoms with Crippen molar-refractivity contribution < 1.29 is 24.5 Å². The number of carbonyl (C=O) groups is 2. The number of aliphatic carboxylic acids is 1. The fourth-order valence-electron chi connectivity index (χ4n) is 3.25. The number of hydrogen-bond acceptors (Lipinski definition) is 5. The largest absolute Gasteiger partial charge is 0.480 e. The van der Waals surface area contributed by atoms with Gasteiger partial charge in [-0.05, 0) is 26.8 Å². The topological polar surface area (TPSA) is 99.1 Å². The summed E-state index contributed by atoms with van der Waals surface area (Å²) in [5.41, 5.74) is -0.914. The summed E-state index contributed by atoms with van der Waals surface area (Å²) in [5.74, 6) is -1.17. The van der Waals surface area contributed by atoms with Crippen molar-refractivity contribution in [3.05, 3.63) is 29.8 Å². The highest BCUT2D eigenvalue weighted by atomic mass is 16.6. The zero-order valence-electron chi connectivity index (χ0n) is 13.2. The molecule has 1 amide bonds. The number of carbonyl (C=O) groups excluding carboxylic acids is 1. The van der Waals surface area contributed by atoms with E-state index in [4.69, 9.17) is 4.74 Å². The fourth-order valence-corrected chi connectivity index (χ4v) is 3.25. The van der Waals surface area contributed by atoms with E-state index in [2.05, 4.69) is 5.32 Å². The molecular weight excluding hydrogens is 300 g/mol. The molecule has 0 radical (unpaired) electrons. The van der Waals surface area contributed by atoms with Crippen molar-refractivity contribution in [3.8, 4) is 0 Å². The van der Waals surface area contributed by atoms with E-state index in [1.54, 1.807) is 39.0 Å². The number of carboxylic acid groups (broad SMARTS) is 1. The number of likely N-dealkylation sites (tertiary alicyclic amines) is 1. The molecule has 124 valence electrons. The second kappa shape index (κ2) is 4.86. The minimum absolute atomic E-state index is 0.0870. The summed E-state index contributed by atoms with van der Waals surface area (Å²) in [6, 6.07) is 5.95. The maximum absolute atomic E-state index is 12.5. The molecule has 1 saturated heterocycles. The van der Waals surface area contributed by atoms with Gasteiger partial charge in [0, 0.05) is 17.7 Å². The van der Waals surface area contributed by atoms with Gasteiger partial charge in [0.15, 0.2) is 0 Å². The Kier molecular flexibility index (Phi) is 3.30. The van der Waals surface area contributed by atoms with Gasteiger partial charge in [0.2, 0.25) is 0 Å². The van der Waals surface area contributed by atoms with Gasteiger partial charge < -0.3 is 20.3 Å². The van der Waals surface area contributed by atoms with Gasteiger partial charge >= 0.3 is 12.1 Å². The number of amides is 1. The average molecular weight is 320 g/mol. The Labute approximate surface area is 133 Å². The standard InChI is InChI=1S/C16H20N2O5/c1-15(2,3)23-14(21)18-11(12(19)20)8-16(22)9-6-4-5-7-10(9)17-13(16)18/h4-7,11,13,17,22H,8H2,1-3H3,(H,19,20). The molecule has 3 unspecified atom stereocenters. The fraction of sp³-hybridized carbons (Fsp3) is 0.500. The van der Waals surface area contributed by atoms with Gasteiger partial charge in [-0.3, -0.25) is 4.90 Å². The maximum atomic E-state index is 12.5. The third-order valence-electron chi connectivity index (χ3n) is 4.15. The van der Waals surface area contributed by atoms with Gasteiger partial charge in [-0.2, -0.15) is 0 Å². The molecular formula is C16H20N2O5. The van der Waals surface area contributed by atoms with Gasteiger partial charge in [0.25, 0.3) is 0 Å². The molecule has 0 aliphatic carbocycles. The Morgan fingerprint density at radius 3 is 2.61 bits per heavy atom. The number of anilines is 1. The quantitative estimate of drug-likeness (QED) is 0.729. The lowest BCUT2D eigenvalue weighted by atomic mass is 9.91. The van der Waals surface area contributed by atoms with Crippen molar-refractivity contribution in [3.63, 3.8) is 0 Å². The van der Waals surface area contributed by atoms with Gasteiger partial charge in [0.05, 0.1) is 0 Å². The zero-order valence-corrected chi connectivity index (χ0v) is 13.2. The van der Waals surface area contributed by atoms with E-state index < -0.39 is 35.5 Å². The van der Waals surface area contributed by atoms with Crippen LogP contribution in [0.2, 0.25) is 0 Å². The van der Waals surface area contributed by atoms with Crippen molar-refractivity contribution in [2.45, 2.75) is 50.6 Å². The highest BCUT2D eigenvalue weighted by Gasteiger charge is 2.61. The Balaban J connectivity index is 1.99. The highest BCUT2D eigenvalue weighted by molar-refractivity contribution is 5.83. The average Bonchev–Trinajstić information content (AvgIpc) is 2.86. The van der Waals surface area contributed by atoms with Crippen LogP contribution in [0.25, 0.3) is 0 Å². The lowest BCUT2D eigenvalue weighted by Crippen LogP contribution is -2.51. The SMILES string of the molecule is CC(C)(C)OC(=O)N1C(C(=O)O)CC2(O)c3ccccc3NC12. The van der Waals surface area contributed by atoms with E-state index in [0.717, 1.165) is 4.90 Å². The second-order valence-electron chi connectivity index (χ2n) is 6.96. The molecule has 0 aromatic heterocycles. The first kappa shape index (κ1) is 15.6. The number of nitrogens with zero attached hydrogens (tertiary/aromatic N) is 1. The van der Waals surface area contributed by atoms with Crippen molar-refractivity contribution in [2.75, 3.05) is 5.32 Å². The van der Waals surface area contributed by atoms with Gasteiger partial charge in [0.1, 0.15) is 23.4 Å². The second-order valence-corrected chi connectivity index (χ2v) is 6.96. The molecule has 0 bridgehead atoms. The number of nitrogens with one attached hydrogen (secondary N) is 1. The van der Waals surface area contributed by atoms with E-state index >= 15 is 0 Å². The summed E-state index contributed by atoms with van der Waals surface area (Å²) < 4.78 is 5.33. The van der Waals surface area contributed by atoms with Crippen LogP contribution in [0.1, 0.15) is 32.8 Å². The highest BCUT2D eigenvalue weighted by Crippen LogP contribution is 2.49. The minimum atomic E-state index is -1.45. The molecule has 3 atom stereocenters. The summed E-state index contributed by atoms with van der Waals surface area (Å²) in [7, 11) is 0. The third kappa shape index (κ3) is 2.41. The molecule has 1 aromatic carbocycles. The van der Waals surface area contributed by atoms with Crippen LogP contribution in [-0.2, 0) is 15.1 Å². The number of rotatable bonds is 1. The molecule has 23 heavy (non-hydrogen) atoms. The smallest absolute Gasteiger partial charge is 0.412 e. The molecule has 2 aliphatic heterocycles. The monoisotopic (exact) mass is 320 g/mol.